The molecule has 1 aliphatic rings. The third kappa shape index (κ3) is 2.68. The predicted octanol–water partition coefficient (Wildman–Crippen LogP) is 3.80. The van der Waals surface area contributed by atoms with Crippen molar-refractivity contribution < 1.29 is 4.79 Å². The molecular weight excluding hydrogens is 328 g/mol. The third-order valence-electron chi connectivity index (χ3n) is 4.00. The standard InChI is InChI=1S/C17H17BrN2O/c1-20(16-8-7-14(18)10-15(16)19)17(21)13-6-5-11-3-2-4-12(11)9-13/h5-10H,2-4,19H2,1H3. The highest BCUT2D eigenvalue weighted by Gasteiger charge is 2.18. The van der Waals surface area contributed by atoms with Crippen LogP contribution in [0, 0.1) is 0 Å². The van der Waals surface area contributed by atoms with Crippen molar-refractivity contribution in [1.29, 1.82) is 0 Å². The van der Waals surface area contributed by atoms with Gasteiger partial charge in [-0.15, -0.1) is 0 Å². The van der Waals surface area contributed by atoms with Gasteiger partial charge in [0.1, 0.15) is 0 Å². The highest BCUT2D eigenvalue weighted by molar-refractivity contribution is 9.10. The van der Waals surface area contributed by atoms with Crippen LogP contribution in [-0.4, -0.2) is 13.0 Å². The van der Waals surface area contributed by atoms with Gasteiger partial charge in [-0.1, -0.05) is 22.0 Å². The van der Waals surface area contributed by atoms with Crippen molar-refractivity contribution >= 4 is 33.2 Å². The van der Waals surface area contributed by atoms with E-state index in [1.165, 1.54) is 17.5 Å². The number of carbonyl (C=O) groups is 1. The summed E-state index contributed by atoms with van der Waals surface area (Å²) in [6.45, 7) is 0. The predicted molar refractivity (Wildman–Crippen MR) is 89.8 cm³/mol. The van der Waals surface area contributed by atoms with Crippen LogP contribution in [-0.2, 0) is 12.8 Å². The molecule has 21 heavy (non-hydrogen) atoms. The van der Waals surface area contributed by atoms with Gasteiger partial charge in [-0.2, -0.15) is 0 Å². The fourth-order valence-corrected chi connectivity index (χ4v) is 3.22. The molecule has 3 rings (SSSR count). The van der Waals surface area contributed by atoms with Gasteiger partial charge in [0.15, 0.2) is 0 Å². The van der Waals surface area contributed by atoms with E-state index in [0.29, 0.717) is 5.69 Å². The van der Waals surface area contributed by atoms with Gasteiger partial charge in [-0.3, -0.25) is 4.79 Å². The normalized spacial score (nSPS) is 13.0. The second-order valence-corrected chi connectivity index (χ2v) is 6.32. The number of nitrogens with two attached hydrogens (primary N) is 1. The molecule has 0 saturated carbocycles. The van der Waals surface area contributed by atoms with Crippen molar-refractivity contribution in [2.24, 2.45) is 0 Å². The Balaban J connectivity index is 1.90. The number of rotatable bonds is 2. The van der Waals surface area contributed by atoms with Crippen LogP contribution in [0.3, 0.4) is 0 Å². The number of nitrogen functional groups attached to an aromatic ring is 1. The Morgan fingerprint density at radius 1 is 1.14 bits per heavy atom. The van der Waals surface area contributed by atoms with Crippen LogP contribution in [0.2, 0.25) is 0 Å². The fraction of sp³-hybridized carbons (Fsp3) is 0.235. The minimum Gasteiger partial charge on any atom is -0.397 e. The van der Waals surface area contributed by atoms with E-state index in [1.54, 1.807) is 11.9 Å². The summed E-state index contributed by atoms with van der Waals surface area (Å²) in [5.74, 6) is -0.0290. The molecule has 2 aromatic rings. The summed E-state index contributed by atoms with van der Waals surface area (Å²) in [5, 5.41) is 0. The summed E-state index contributed by atoms with van der Waals surface area (Å²) in [6.07, 6.45) is 3.38. The molecule has 0 bridgehead atoms. The number of amides is 1. The van der Waals surface area contributed by atoms with Gasteiger partial charge in [0.25, 0.3) is 5.91 Å². The van der Waals surface area contributed by atoms with Gasteiger partial charge in [-0.05, 0) is 60.7 Å². The molecular formula is C17H17BrN2O. The molecule has 0 fully saturated rings. The SMILES string of the molecule is CN(C(=O)c1ccc2c(c1)CCC2)c1ccc(Br)cc1N. The molecule has 0 aliphatic heterocycles. The molecule has 1 aliphatic carbocycles. The second kappa shape index (κ2) is 5.53. The largest absolute Gasteiger partial charge is 0.397 e. The van der Waals surface area contributed by atoms with Crippen LogP contribution in [0.25, 0.3) is 0 Å². The highest BCUT2D eigenvalue weighted by Crippen LogP contribution is 2.28. The van der Waals surface area contributed by atoms with Gasteiger partial charge in [0.2, 0.25) is 0 Å². The molecule has 1 amide bonds. The van der Waals surface area contributed by atoms with Crippen LogP contribution < -0.4 is 10.6 Å². The summed E-state index contributed by atoms with van der Waals surface area (Å²) in [6, 6.07) is 11.6. The smallest absolute Gasteiger partial charge is 0.258 e. The monoisotopic (exact) mass is 344 g/mol. The number of aryl methyl sites for hydroxylation is 2. The Morgan fingerprint density at radius 3 is 2.67 bits per heavy atom. The first-order valence-corrected chi connectivity index (χ1v) is 7.80. The molecule has 2 N–H and O–H groups in total. The zero-order chi connectivity index (χ0) is 15.0. The minimum atomic E-state index is -0.0290. The van der Waals surface area contributed by atoms with Gasteiger partial charge in [0, 0.05) is 17.1 Å². The van der Waals surface area contributed by atoms with E-state index in [0.717, 1.165) is 28.6 Å². The molecule has 0 aromatic heterocycles. The van der Waals surface area contributed by atoms with Crippen LogP contribution >= 0.6 is 15.9 Å². The molecule has 4 heteroatoms. The van der Waals surface area contributed by atoms with E-state index in [2.05, 4.69) is 22.0 Å². The Labute approximate surface area is 132 Å². The zero-order valence-electron chi connectivity index (χ0n) is 11.9. The number of nitrogens with zero attached hydrogens (tertiary/aromatic N) is 1. The number of carbonyl (C=O) groups excluding carboxylic acids is 1. The fourth-order valence-electron chi connectivity index (χ4n) is 2.84. The van der Waals surface area contributed by atoms with E-state index in [1.807, 2.05) is 30.3 Å². The van der Waals surface area contributed by atoms with Gasteiger partial charge >= 0.3 is 0 Å². The average Bonchev–Trinajstić information content (AvgIpc) is 2.93. The van der Waals surface area contributed by atoms with Gasteiger partial charge in [0.05, 0.1) is 11.4 Å². The molecule has 0 heterocycles. The molecule has 0 radical (unpaired) electrons. The average molecular weight is 345 g/mol. The Morgan fingerprint density at radius 2 is 1.90 bits per heavy atom. The number of anilines is 2. The molecule has 0 atom stereocenters. The number of hydrogen-bond donors (Lipinski definition) is 1. The number of fused-ring (bicyclic) bond motifs is 1. The summed E-state index contributed by atoms with van der Waals surface area (Å²) >= 11 is 3.38. The van der Waals surface area contributed by atoms with Crippen molar-refractivity contribution in [3.63, 3.8) is 0 Å². The third-order valence-corrected chi connectivity index (χ3v) is 4.49. The Kier molecular flexibility index (Phi) is 3.72. The lowest BCUT2D eigenvalue weighted by molar-refractivity contribution is 0.0993. The van der Waals surface area contributed by atoms with Crippen molar-refractivity contribution in [2.75, 3.05) is 17.7 Å². The van der Waals surface area contributed by atoms with Crippen LogP contribution in [0.15, 0.2) is 40.9 Å². The van der Waals surface area contributed by atoms with Crippen molar-refractivity contribution in [1.82, 2.24) is 0 Å². The molecule has 0 saturated heterocycles. The summed E-state index contributed by atoms with van der Waals surface area (Å²) < 4.78 is 0.905. The number of benzene rings is 2. The quantitative estimate of drug-likeness (QED) is 0.842. The first-order chi connectivity index (χ1) is 10.1. The Bertz CT molecular complexity index is 712. The highest BCUT2D eigenvalue weighted by atomic mass is 79.9. The zero-order valence-corrected chi connectivity index (χ0v) is 13.5. The van der Waals surface area contributed by atoms with Gasteiger partial charge in [-0.25, -0.2) is 0 Å². The van der Waals surface area contributed by atoms with E-state index in [9.17, 15) is 4.79 Å². The van der Waals surface area contributed by atoms with Crippen LogP contribution in [0.4, 0.5) is 11.4 Å². The second-order valence-electron chi connectivity index (χ2n) is 5.40. The first kappa shape index (κ1) is 14.1. The van der Waals surface area contributed by atoms with E-state index < -0.39 is 0 Å². The molecule has 0 unspecified atom stereocenters. The number of hydrogen-bond acceptors (Lipinski definition) is 2. The maximum Gasteiger partial charge on any atom is 0.258 e. The summed E-state index contributed by atoms with van der Waals surface area (Å²) in [7, 11) is 1.76. The lowest BCUT2D eigenvalue weighted by atomic mass is 10.1. The van der Waals surface area contributed by atoms with Crippen LogP contribution in [0.5, 0.6) is 0 Å². The minimum absolute atomic E-state index is 0.0290. The maximum atomic E-state index is 12.6. The van der Waals surface area contributed by atoms with E-state index >= 15 is 0 Å². The molecule has 108 valence electrons. The van der Waals surface area contributed by atoms with Crippen molar-refractivity contribution in [2.45, 2.75) is 19.3 Å². The van der Waals surface area contributed by atoms with Crippen molar-refractivity contribution in [3.05, 3.63) is 57.6 Å². The summed E-state index contributed by atoms with van der Waals surface area (Å²) in [5.41, 5.74) is 10.7. The first-order valence-electron chi connectivity index (χ1n) is 7.01. The molecule has 3 nitrogen and oxygen atoms in total. The summed E-state index contributed by atoms with van der Waals surface area (Å²) in [4.78, 5) is 14.3. The molecule has 2 aromatic carbocycles. The maximum absolute atomic E-state index is 12.6. The Hall–Kier alpha value is -1.81. The number of halogens is 1. The lowest BCUT2D eigenvalue weighted by Crippen LogP contribution is -2.27. The van der Waals surface area contributed by atoms with Crippen molar-refractivity contribution in [3.8, 4) is 0 Å². The lowest BCUT2D eigenvalue weighted by Gasteiger charge is -2.20. The van der Waals surface area contributed by atoms with E-state index in [4.69, 9.17) is 5.73 Å². The van der Waals surface area contributed by atoms with E-state index in [-0.39, 0.29) is 5.91 Å². The van der Waals surface area contributed by atoms with Crippen LogP contribution in [0.1, 0.15) is 27.9 Å². The topological polar surface area (TPSA) is 46.3 Å². The van der Waals surface area contributed by atoms with Gasteiger partial charge < -0.3 is 10.6 Å². The molecule has 0 spiro atoms.